The van der Waals surface area contributed by atoms with Gasteiger partial charge in [0.2, 0.25) is 5.91 Å². The van der Waals surface area contributed by atoms with E-state index >= 15 is 0 Å². The SMILES string of the molecule is COCC(=O)NCCN1CCN(CCN2CCC(CNC(=O)c3ccccc3)(c3nc(-c4ccccc4)cs3)CC2)CC1. The van der Waals surface area contributed by atoms with Crippen molar-refractivity contribution in [2.75, 3.05) is 85.7 Å². The molecule has 3 heterocycles. The van der Waals surface area contributed by atoms with E-state index in [0.29, 0.717) is 18.7 Å². The fourth-order valence-electron chi connectivity index (χ4n) is 5.93. The zero-order chi connectivity index (χ0) is 29.9. The molecule has 9 nitrogen and oxygen atoms in total. The van der Waals surface area contributed by atoms with Crippen LogP contribution in [0.1, 0.15) is 28.2 Å². The fourth-order valence-corrected chi connectivity index (χ4v) is 7.02. The quantitative estimate of drug-likeness (QED) is 0.310. The zero-order valence-corrected chi connectivity index (χ0v) is 26.0. The number of methoxy groups -OCH3 is 1. The van der Waals surface area contributed by atoms with Crippen LogP contribution in [-0.4, -0.2) is 117 Å². The van der Waals surface area contributed by atoms with Gasteiger partial charge in [-0.2, -0.15) is 0 Å². The van der Waals surface area contributed by atoms with E-state index in [1.165, 1.54) is 7.11 Å². The van der Waals surface area contributed by atoms with Gasteiger partial charge in [-0.1, -0.05) is 48.5 Å². The molecule has 43 heavy (non-hydrogen) atoms. The Balaban J connectivity index is 1.13. The van der Waals surface area contributed by atoms with E-state index in [-0.39, 0.29) is 23.8 Å². The lowest BCUT2D eigenvalue weighted by Crippen LogP contribution is -2.52. The van der Waals surface area contributed by atoms with Crippen LogP contribution in [-0.2, 0) is 14.9 Å². The molecule has 2 N–H and O–H groups in total. The van der Waals surface area contributed by atoms with Crippen molar-refractivity contribution in [2.24, 2.45) is 0 Å². The third kappa shape index (κ3) is 8.70. The highest BCUT2D eigenvalue weighted by Gasteiger charge is 2.39. The minimum atomic E-state index is -0.178. The molecule has 230 valence electrons. The van der Waals surface area contributed by atoms with Crippen LogP contribution in [0.25, 0.3) is 11.3 Å². The summed E-state index contributed by atoms with van der Waals surface area (Å²) in [5.74, 6) is -0.0875. The van der Waals surface area contributed by atoms with Crippen molar-refractivity contribution in [1.29, 1.82) is 0 Å². The Morgan fingerprint density at radius 3 is 2.09 bits per heavy atom. The summed E-state index contributed by atoms with van der Waals surface area (Å²) in [6.07, 6.45) is 1.93. The maximum absolute atomic E-state index is 13.0. The highest BCUT2D eigenvalue weighted by Crippen LogP contribution is 2.38. The van der Waals surface area contributed by atoms with E-state index < -0.39 is 0 Å². The number of benzene rings is 2. The molecule has 0 bridgehead atoms. The number of hydrogen-bond acceptors (Lipinski definition) is 8. The number of piperidine rings is 1. The summed E-state index contributed by atoms with van der Waals surface area (Å²) >= 11 is 1.72. The van der Waals surface area contributed by atoms with E-state index in [1.54, 1.807) is 11.3 Å². The van der Waals surface area contributed by atoms with Gasteiger partial charge in [-0.15, -0.1) is 11.3 Å². The first-order valence-electron chi connectivity index (χ1n) is 15.3. The van der Waals surface area contributed by atoms with E-state index in [0.717, 1.165) is 88.0 Å². The lowest BCUT2D eigenvalue weighted by atomic mass is 9.78. The number of carbonyl (C=O) groups is 2. The number of hydrogen-bond donors (Lipinski definition) is 2. The molecule has 2 saturated heterocycles. The Hall–Kier alpha value is -3.15. The number of amides is 2. The predicted molar refractivity (Wildman–Crippen MR) is 171 cm³/mol. The van der Waals surface area contributed by atoms with Crippen LogP contribution in [0.2, 0.25) is 0 Å². The molecule has 2 aromatic carbocycles. The number of ether oxygens (including phenoxy) is 1. The van der Waals surface area contributed by atoms with Crippen molar-refractivity contribution in [3.8, 4) is 11.3 Å². The van der Waals surface area contributed by atoms with Crippen LogP contribution >= 0.6 is 11.3 Å². The highest BCUT2D eigenvalue weighted by molar-refractivity contribution is 7.10. The average molecular weight is 605 g/mol. The molecule has 2 aliphatic rings. The molecule has 0 saturated carbocycles. The molecular formula is C33H44N6O3S. The van der Waals surface area contributed by atoms with Crippen molar-refractivity contribution >= 4 is 23.2 Å². The van der Waals surface area contributed by atoms with E-state index in [4.69, 9.17) is 9.72 Å². The molecule has 2 aliphatic heterocycles. The number of rotatable bonds is 13. The van der Waals surface area contributed by atoms with Crippen LogP contribution in [0, 0.1) is 0 Å². The maximum Gasteiger partial charge on any atom is 0.251 e. The van der Waals surface area contributed by atoms with Crippen molar-refractivity contribution in [3.63, 3.8) is 0 Å². The first-order chi connectivity index (χ1) is 21.0. The molecule has 0 atom stereocenters. The molecule has 1 aromatic heterocycles. The Labute approximate surface area is 259 Å². The smallest absolute Gasteiger partial charge is 0.251 e. The Kier molecular flexibility index (Phi) is 11.3. The molecule has 2 fully saturated rings. The van der Waals surface area contributed by atoms with Gasteiger partial charge in [-0.25, -0.2) is 4.98 Å². The van der Waals surface area contributed by atoms with Gasteiger partial charge in [0.1, 0.15) is 11.6 Å². The predicted octanol–water partition coefficient (Wildman–Crippen LogP) is 2.95. The summed E-state index contributed by atoms with van der Waals surface area (Å²) in [5.41, 5.74) is 2.65. The number of likely N-dealkylation sites (tertiary alicyclic amines) is 1. The normalized spacial score (nSPS) is 17.9. The first-order valence-corrected chi connectivity index (χ1v) is 16.2. The standard InChI is InChI=1S/C33H44N6O3S/c1-42-24-30(40)34-14-17-38-19-22-39(23-20-38)21-18-37-15-12-33(13-16-37,26-35-31(41)28-10-6-3-7-11-28)32-36-29(25-43-32)27-8-4-2-5-9-27/h2-11,25H,12-24,26H2,1H3,(H,34,40)(H,35,41). The van der Waals surface area contributed by atoms with Gasteiger partial charge in [0.05, 0.1) is 5.69 Å². The summed E-state index contributed by atoms with van der Waals surface area (Å²) in [5, 5.41) is 9.44. The summed E-state index contributed by atoms with van der Waals surface area (Å²) in [6.45, 7) is 10.5. The Morgan fingerprint density at radius 1 is 0.837 bits per heavy atom. The number of nitrogens with zero attached hydrogens (tertiary/aromatic N) is 4. The number of aromatic nitrogens is 1. The third-order valence-corrected chi connectivity index (χ3v) is 9.78. The van der Waals surface area contributed by atoms with Crippen LogP contribution in [0.15, 0.2) is 66.0 Å². The van der Waals surface area contributed by atoms with E-state index in [2.05, 4.69) is 42.8 Å². The number of nitrogens with one attached hydrogen (secondary N) is 2. The molecular weight excluding hydrogens is 560 g/mol. The second-order valence-electron chi connectivity index (χ2n) is 11.5. The molecule has 0 radical (unpaired) electrons. The van der Waals surface area contributed by atoms with Gasteiger partial charge in [0.25, 0.3) is 5.91 Å². The second-order valence-corrected chi connectivity index (χ2v) is 12.4. The van der Waals surface area contributed by atoms with Crippen LogP contribution in [0.5, 0.6) is 0 Å². The third-order valence-electron chi connectivity index (χ3n) is 8.69. The largest absolute Gasteiger partial charge is 0.375 e. The van der Waals surface area contributed by atoms with Gasteiger partial charge in [-0.3, -0.25) is 19.4 Å². The van der Waals surface area contributed by atoms with Crippen molar-refractivity contribution < 1.29 is 14.3 Å². The molecule has 10 heteroatoms. The number of piperazine rings is 1. The van der Waals surface area contributed by atoms with Crippen LogP contribution in [0.3, 0.4) is 0 Å². The highest BCUT2D eigenvalue weighted by atomic mass is 32.1. The summed E-state index contributed by atoms with van der Waals surface area (Å²) in [6, 6.07) is 19.8. The van der Waals surface area contributed by atoms with E-state index in [9.17, 15) is 9.59 Å². The summed E-state index contributed by atoms with van der Waals surface area (Å²) in [7, 11) is 1.54. The summed E-state index contributed by atoms with van der Waals surface area (Å²) < 4.78 is 4.87. The van der Waals surface area contributed by atoms with Crippen LogP contribution in [0.4, 0.5) is 0 Å². The lowest BCUT2D eigenvalue weighted by molar-refractivity contribution is -0.124. The Bertz CT molecular complexity index is 1290. The minimum Gasteiger partial charge on any atom is -0.375 e. The molecule has 0 unspecified atom stereocenters. The summed E-state index contributed by atoms with van der Waals surface area (Å²) in [4.78, 5) is 37.2. The van der Waals surface area contributed by atoms with Gasteiger partial charge >= 0.3 is 0 Å². The number of thiazole rings is 1. The topological polar surface area (TPSA) is 90.0 Å². The van der Waals surface area contributed by atoms with E-state index in [1.807, 2.05) is 48.5 Å². The molecule has 3 aromatic rings. The van der Waals surface area contributed by atoms with Crippen molar-refractivity contribution in [1.82, 2.24) is 30.3 Å². The monoisotopic (exact) mass is 604 g/mol. The second kappa shape index (κ2) is 15.5. The van der Waals surface area contributed by atoms with Crippen molar-refractivity contribution in [3.05, 3.63) is 76.6 Å². The first kappa shape index (κ1) is 31.3. The molecule has 0 aliphatic carbocycles. The van der Waals surface area contributed by atoms with Crippen LogP contribution < -0.4 is 10.6 Å². The molecule has 2 amide bonds. The lowest BCUT2D eigenvalue weighted by Gasteiger charge is -2.42. The van der Waals surface area contributed by atoms with Gasteiger partial charge < -0.3 is 20.3 Å². The molecule has 0 spiro atoms. The zero-order valence-electron chi connectivity index (χ0n) is 25.2. The van der Waals surface area contributed by atoms with Gasteiger partial charge in [0, 0.05) is 87.9 Å². The van der Waals surface area contributed by atoms with Gasteiger partial charge in [-0.05, 0) is 38.1 Å². The maximum atomic E-state index is 13.0. The average Bonchev–Trinajstić information content (AvgIpc) is 3.56. The Morgan fingerprint density at radius 2 is 1.44 bits per heavy atom. The van der Waals surface area contributed by atoms with Gasteiger partial charge in [0.15, 0.2) is 0 Å². The fraction of sp³-hybridized carbons (Fsp3) is 0.485. The minimum absolute atomic E-state index is 0.0289. The number of carbonyl (C=O) groups excluding carboxylic acids is 2. The van der Waals surface area contributed by atoms with Crippen molar-refractivity contribution in [2.45, 2.75) is 18.3 Å². The molecule has 5 rings (SSSR count).